The third-order valence-corrected chi connectivity index (χ3v) is 2.94. The summed E-state index contributed by atoms with van der Waals surface area (Å²) >= 11 is 0. The molecule has 2 rings (SSSR count). The van der Waals surface area contributed by atoms with Crippen LogP contribution in [0.1, 0.15) is 25.8 Å². The van der Waals surface area contributed by atoms with Crippen molar-refractivity contribution in [2.24, 2.45) is 0 Å². The second kappa shape index (κ2) is 12.9. The van der Waals surface area contributed by atoms with Crippen LogP contribution in [0.4, 0.5) is 0 Å². The molecule has 3 nitrogen and oxygen atoms in total. The first-order chi connectivity index (χ1) is 11.7. The molecule has 0 aliphatic rings. The number of carbonyl (C=O) groups excluding carboxylic acids is 1. The highest BCUT2D eigenvalue weighted by atomic mass is 16.5. The van der Waals surface area contributed by atoms with Gasteiger partial charge in [-0.15, -0.1) is 13.2 Å². The van der Waals surface area contributed by atoms with E-state index < -0.39 is 5.97 Å². The van der Waals surface area contributed by atoms with E-state index in [1.807, 2.05) is 26.0 Å². The first-order valence-corrected chi connectivity index (χ1v) is 8.11. The molecule has 0 N–H and O–H groups in total. The van der Waals surface area contributed by atoms with Crippen molar-refractivity contribution in [1.82, 2.24) is 0 Å². The van der Waals surface area contributed by atoms with E-state index >= 15 is 0 Å². The smallest absolute Gasteiger partial charge is 0.330 e. The average Bonchev–Trinajstić information content (AvgIpc) is 2.64. The molecule has 0 unspecified atom stereocenters. The van der Waals surface area contributed by atoms with Gasteiger partial charge in [-0.1, -0.05) is 50.3 Å². The number of carbonyl (C=O) groups is 1. The molecule has 0 aliphatic heterocycles. The second-order valence-electron chi connectivity index (χ2n) is 4.59. The van der Waals surface area contributed by atoms with E-state index in [1.165, 1.54) is 10.9 Å². The Morgan fingerprint density at radius 1 is 1.04 bits per heavy atom. The van der Waals surface area contributed by atoms with Gasteiger partial charge in [-0.3, -0.25) is 0 Å². The summed E-state index contributed by atoms with van der Waals surface area (Å²) < 4.78 is 10.5. The van der Waals surface area contributed by atoms with Crippen molar-refractivity contribution in [2.75, 3.05) is 13.2 Å². The van der Waals surface area contributed by atoms with E-state index in [4.69, 9.17) is 9.47 Å². The van der Waals surface area contributed by atoms with E-state index in [1.54, 1.807) is 0 Å². The molecule has 0 aliphatic carbocycles. The van der Waals surface area contributed by atoms with E-state index in [9.17, 15) is 4.79 Å². The predicted molar refractivity (Wildman–Crippen MR) is 103 cm³/mol. The first kappa shape index (κ1) is 21.5. The van der Waals surface area contributed by atoms with Crippen molar-refractivity contribution in [3.05, 3.63) is 67.8 Å². The zero-order valence-corrected chi connectivity index (χ0v) is 15.0. The van der Waals surface area contributed by atoms with E-state index in [2.05, 4.69) is 50.9 Å². The van der Waals surface area contributed by atoms with Crippen molar-refractivity contribution < 1.29 is 14.3 Å². The van der Waals surface area contributed by atoms with Crippen molar-refractivity contribution >= 4 is 16.7 Å². The Bertz CT molecular complexity index is 632. The Morgan fingerprint density at radius 2 is 1.67 bits per heavy atom. The minimum absolute atomic E-state index is 0.345. The number of ether oxygens (including phenoxy) is 2. The van der Waals surface area contributed by atoms with Crippen LogP contribution in [-0.2, 0) is 9.53 Å². The second-order valence-corrected chi connectivity index (χ2v) is 4.59. The maximum Gasteiger partial charge on any atom is 0.330 e. The van der Waals surface area contributed by atoms with Crippen molar-refractivity contribution in [2.45, 2.75) is 27.2 Å². The summed E-state index contributed by atoms with van der Waals surface area (Å²) in [7, 11) is 0. The molecule has 24 heavy (non-hydrogen) atoms. The van der Waals surface area contributed by atoms with Crippen LogP contribution >= 0.6 is 0 Å². The number of esters is 1. The molecule has 0 amide bonds. The van der Waals surface area contributed by atoms with Crippen LogP contribution in [0.25, 0.3) is 10.8 Å². The van der Waals surface area contributed by atoms with Gasteiger partial charge in [0.15, 0.2) is 0 Å². The molecule has 0 spiro atoms. The molecular weight excluding hydrogens is 300 g/mol. The summed E-state index contributed by atoms with van der Waals surface area (Å²) in [5, 5.41) is 2.36. The molecule has 2 aromatic carbocycles. The number of fused-ring (bicyclic) bond motifs is 1. The summed E-state index contributed by atoms with van der Waals surface area (Å²) in [6, 6.07) is 12.3. The zero-order chi connectivity index (χ0) is 18.4. The number of hydrogen-bond donors (Lipinski definition) is 0. The Balaban J connectivity index is 0.00000123. The van der Waals surface area contributed by atoms with Crippen LogP contribution < -0.4 is 4.74 Å². The Labute approximate surface area is 145 Å². The van der Waals surface area contributed by atoms with Crippen LogP contribution in [0.5, 0.6) is 5.75 Å². The lowest BCUT2D eigenvalue weighted by Gasteiger charge is -2.08. The highest BCUT2D eigenvalue weighted by Crippen LogP contribution is 2.21. The maximum absolute atomic E-state index is 10.8. The molecule has 0 atom stereocenters. The van der Waals surface area contributed by atoms with Gasteiger partial charge < -0.3 is 9.47 Å². The van der Waals surface area contributed by atoms with Gasteiger partial charge in [0.05, 0.1) is 13.2 Å². The third-order valence-electron chi connectivity index (χ3n) is 2.94. The predicted octanol–water partition coefficient (Wildman–Crippen LogP) is 5.47. The summed E-state index contributed by atoms with van der Waals surface area (Å²) in [5.74, 6) is 0.433. The SMILES string of the molecule is C=C.C=CC(=O)OCCCOc1ccc2cc(C)ccc2c1.CC. The monoisotopic (exact) mass is 328 g/mol. The largest absolute Gasteiger partial charge is 0.493 e. The van der Waals surface area contributed by atoms with Gasteiger partial charge in [-0.05, 0) is 29.8 Å². The third kappa shape index (κ3) is 7.63. The molecule has 0 aromatic heterocycles. The minimum Gasteiger partial charge on any atom is -0.493 e. The Kier molecular flexibility index (Phi) is 11.6. The summed E-state index contributed by atoms with van der Waals surface area (Å²) in [5.41, 5.74) is 1.25. The Morgan fingerprint density at radius 3 is 2.33 bits per heavy atom. The van der Waals surface area contributed by atoms with Crippen LogP contribution in [-0.4, -0.2) is 19.2 Å². The molecule has 2 aromatic rings. The topological polar surface area (TPSA) is 35.5 Å². The highest BCUT2D eigenvalue weighted by molar-refractivity contribution is 5.84. The lowest BCUT2D eigenvalue weighted by Crippen LogP contribution is -2.06. The lowest BCUT2D eigenvalue weighted by atomic mass is 10.1. The van der Waals surface area contributed by atoms with Gasteiger partial charge >= 0.3 is 5.97 Å². The van der Waals surface area contributed by atoms with E-state index in [0.717, 1.165) is 17.2 Å². The number of hydrogen-bond acceptors (Lipinski definition) is 3. The normalized spacial score (nSPS) is 8.96. The lowest BCUT2D eigenvalue weighted by molar-refractivity contribution is -0.137. The molecule has 0 saturated carbocycles. The highest BCUT2D eigenvalue weighted by Gasteiger charge is 1.99. The summed E-state index contributed by atoms with van der Waals surface area (Å²) in [4.78, 5) is 10.8. The van der Waals surface area contributed by atoms with Crippen molar-refractivity contribution in [3.63, 3.8) is 0 Å². The van der Waals surface area contributed by atoms with Crippen LogP contribution in [0, 0.1) is 6.92 Å². The first-order valence-electron chi connectivity index (χ1n) is 8.11. The molecule has 3 heteroatoms. The molecule has 0 saturated heterocycles. The summed E-state index contributed by atoms with van der Waals surface area (Å²) in [6.45, 7) is 16.3. The maximum atomic E-state index is 10.8. The zero-order valence-electron chi connectivity index (χ0n) is 15.0. The average molecular weight is 328 g/mol. The molecule has 0 fully saturated rings. The van der Waals surface area contributed by atoms with Crippen LogP contribution in [0.2, 0.25) is 0 Å². The van der Waals surface area contributed by atoms with E-state index in [0.29, 0.717) is 19.6 Å². The molecule has 130 valence electrons. The standard InChI is InChI=1S/C17H18O3.C2H6.C2H4/c1-3-17(18)20-10-4-9-19-16-8-7-14-11-13(2)5-6-15(14)12-16;2*1-2/h3,5-8,11-12H,1,4,9-10H2,2H3;1-2H3;1-2H2. The van der Waals surface area contributed by atoms with Crippen LogP contribution in [0.3, 0.4) is 0 Å². The van der Waals surface area contributed by atoms with Gasteiger partial charge in [0.1, 0.15) is 5.75 Å². The Hall–Kier alpha value is -2.55. The summed E-state index contributed by atoms with van der Waals surface area (Å²) in [6.07, 6.45) is 1.82. The molecule has 0 heterocycles. The van der Waals surface area contributed by atoms with Gasteiger partial charge in [-0.25, -0.2) is 4.79 Å². The fourth-order valence-corrected chi connectivity index (χ4v) is 1.91. The number of benzene rings is 2. The minimum atomic E-state index is -0.397. The fraction of sp³-hybridized carbons (Fsp3) is 0.286. The fourth-order valence-electron chi connectivity index (χ4n) is 1.91. The van der Waals surface area contributed by atoms with Gasteiger partial charge in [0.25, 0.3) is 0 Å². The van der Waals surface area contributed by atoms with Crippen LogP contribution in [0.15, 0.2) is 62.2 Å². The van der Waals surface area contributed by atoms with Gasteiger partial charge in [-0.2, -0.15) is 0 Å². The molecular formula is C21H28O3. The van der Waals surface area contributed by atoms with Crippen molar-refractivity contribution in [3.8, 4) is 5.75 Å². The molecule has 0 radical (unpaired) electrons. The van der Waals surface area contributed by atoms with Gasteiger partial charge in [0.2, 0.25) is 0 Å². The molecule has 0 bridgehead atoms. The van der Waals surface area contributed by atoms with Gasteiger partial charge in [0, 0.05) is 12.5 Å². The number of rotatable bonds is 6. The quantitative estimate of drug-likeness (QED) is 0.305. The van der Waals surface area contributed by atoms with Crippen molar-refractivity contribution in [1.29, 1.82) is 0 Å². The van der Waals surface area contributed by atoms with E-state index in [-0.39, 0.29) is 0 Å². The number of aryl methyl sites for hydroxylation is 1.